The predicted octanol–water partition coefficient (Wildman–Crippen LogP) is 2.44. The fourth-order valence-electron chi connectivity index (χ4n) is 1.90. The maximum atomic E-state index is 12.0. The van der Waals surface area contributed by atoms with Crippen molar-refractivity contribution in [1.82, 2.24) is 9.55 Å². The molecule has 0 aliphatic heterocycles. The first-order valence-electron chi connectivity index (χ1n) is 6.34. The molecule has 0 aliphatic rings. The van der Waals surface area contributed by atoms with Crippen molar-refractivity contribution in [3.05, 3.63) is 47.0 Å². The molecule has 1 heterocycles. The molecule has 0 saturated carbocycles. The molecule has 7 heteroatoms. The number of imidazole rings is 1. The Balaban J connectivity index is 2.12. The van der Waals surface area contributed by atoms with Crippen LogP contribution in [0.25, 0.3) is 0 Å². The van der Waals surface area contributed by atoms with E-state index in [0.717, 1.165) is 12.2 Å². The molecular weight excluding hydrogens is 294 g/mol. The standard InChI is InChI=1S/C14H14ClN3O3/c1-2-12-16-5-6-18(12)8-13(19)17-11-7-9(14(20)21)3-4-10(11)15/h3-7H,2,8H2,1H3,(H,17,19)(H,20,21). The number of hydrogen-bond donors (Lipinski definition) is 2. The van der Waals surface area contributed by atoms with E-state index in [1.165, 1.54) is 18.2 Å². The average Bonchev–Trinajstić information content (AvgIpc) is 2.88. The van der Waals surface area contributed by atoms with Gasteiger partial charge in [-0.3, -0.25) is 4.79 Å². The molecule has 0 aliphatic carbocycles. The van der Waals surface area contributed by atoms with E-state index in [0.29, 0.717) is 0 Å². The van der Waals surface area contributed by atoms with Crippen LogP contribution in [-0.2, 0) is 17.8 Å². The van der Waals surface area contributed by atoms with Crippen LogP contribution >= 0.6 is 11.6 Å². The number of aryl methyl sites for hydroxylation is 1. The number of hydrogen-bond acceptors (Lipinski definition) is 3. The molecule has 110 valence electrons. The van der Waals surface area contributed by atoms with Crippen molar-refractivity contribution in [2.24, 2.45) is 0 Å². The third-order valence-corrected chi connectivity index (χ3v) is 3.25. The number of aromatic nitrogens is 2. The van der Waals surface area contributed by atoms with Gasteiger partial charge >= 0.3 is 5.97 Å². The van der Waals surface area contributed by atoms with Crippen LogP contribution in [0.5, 0.6) is 0 Å². The minimum absolute atomic E-state index is 0.0616. The molecular formula is C14H14ClN3O3. The smallest absolute Gasteiger partial charge is 0.335 e. The normalized spacial score (nSPS) is 10.4. The minimum Gasteiger partial charge on any atom is -0.478 e. The SMILES string of the molecule is CCc1nccn1CC(=O)Nc1cc(C(=O)O)ccc1Cl. The lowest BCUT2D eigenvalue weighted by molar-refractivity contribution is -0.116. The van der Waals surface area contributed by atoms with E-state index in [1.807, 2.05) is 6.92 Å². The van der Waals surface area contributed by atoms with E-state index in [4.69, 9.17) is 16.7 Å². The highest BCUT2D eigenvalue weighted by molar-refractivity contribution is 6.33. The zero-order chi connectivity index (χ0) is 15.4. The van der Waals surface area contributed by atoms with Crippen LogP contribution in [0.2, 0.25) is 5.02 Å². The molecule has 2 rings (SSSR count). The van der Waals surface area contributed by atoms with Gasteiger partial charge in [-0.15, -0.1) is 0 Å². The first-order chi connectivity index (χ1) is 10.0. The highest BCUT2D eigenvalue weighted by Crippen LogP contribution is 2.23. The molecule has 1 aromatic carbocycles. The number of halogens is 1. The molecule has 0 saturated heterocycles. The van der Waals surface area contributed by atoms with Crippen molar-refractivity contribution >= 4 is 29.2 Å². The second kappa shape index (κ2) is 6.41. The number of nitrogens with zero attached hydrogens (tertiary/aromatic N) is 2. The largest absolute Gasteiger partial charge is 0.478 e. The number of rotatable bonds is 5. The summed E-state index contributed by atoms with van der Waals surface area (Å²) in [4.78, 5) is 27.1. The van der Waals surface area contributed by atoms with Gasteiger partial charge in [-0.25, -0.2) is 9.78 Å². The highest BCUT2D eigenvalue weighted by Gasteiger charge is 2.11. The first-order valence-corrected chi connectivity index (χ1v) is 6.71. The molecule has 0 atom stereocenters. The Morgan fingerprint density at radius 1 is 1.43 bits per heavy atom. The molecule has 1 amide bonds. The summed E-state index contributed by atoms with van der Waals surface area (Å²) >= 11 is 5.96. The minimum atomic E-state index is -1.08. The van der Waals surface area contributed by atoms with Gasteiger partial charge in [-0.1, -0.05) is 18.5 Å². The number of carbonyl (C=O) groups is 2. The van der Waals surface area contributed by atoms with Crippen LogP contribution in [0.3, 0.4) is 0 Å². The maximum Gasteiger partial charge on any atom is 0.335 e. The van der Waals surface area contributed by atoms with Gasteiger partial charge in [-0.05, 0) is 18.2 Å². The topological polar surface area (TPSA) is 84.2 Å². The lowest BCUT2D eigenvalue weighted by Gasteiger charge is -2.10. The van der Waals surface area contributed by atoms with Crippen LogP contribution < -0.4 is 5.32 Å². The van der Waals surface area contributed by atoms with E-state index < -0.39 is 5.97 Å². The second-order valence-electron chi connectivity index (χ2n) is 4.37. The fourth-order valence-corrected chi connectivity index (χ4v) is 2.06. The van der Waals surface area contributed by atoms with Gasteiger partial charge in [0.2, 0.25) is 5.91 Å². The number of amides is 1. The van der Waals surface area contributed by atoms with Gasteiger partial charge in [0, 0.05) is 18.8 Å². The first kappa shape index (κ1) is 15.1. The Kier molecular flexibility index (Phi) is 4.59. The number of carboxylic acids is 1. The summed E-state index contributed by atoms with van der Waals surface area (Å²) in [5.74, 6) is -0.576. The summed E-state index contributed by atoms with van der Waals surface area (Å²) in [5.41, 5.74) is 0.339. The Morgan fingerprint density at radius 3 is 2.86 bits per heavy atom. The Hall–Kier alpha value is -2.34. The summed E-state index contributed by atoms with van der Waals surface area (Å²) < 4.78 is 1.73. The van der Waals surface area contributed by atoms with E-state index in [9.17, 15) is 9.59 Å². The van der Waals surface area contributed by atoms with Gasteiger partial charge in [0.05, 0.1) is 16.3 Å². The number of anilines is 1. The average molecular weight is 308 g/mol. The van der Waals surface area contributed by atoms with Gasteiger partial charge in [0.1, 0.15) is 12.4 Å². The molecule has 0 radical (unpaired) electrons. The van der Waals surface area contributed by atoms with Gasteiger partial charge in [0.25, 0.3) is 0 Å². The van der Waals surface area contributed by atoms with Crippen molar-refractivity contribution in [3.8, 4) is 0 Å². The Bertz CT molecular complexity index is 682. The summed E-state index contributed by atoms with van der Waals surface area (Å²) in [6, 6.07) is 4.15. The van der Waals surface area contributed by atoms with Crippen molar-refractivity contribution < 1.29 is 14.7 Å². The van der Waals surface area contributed by atoms with Crippen LogP contribution in [-0.4, -0.2) is 26.5 Å². The highest BCUT2D eigenvalue weighted by atomic mass is 35.5. The van der Waals surface area contributed by atoms with Crippen LogP contribution in [0, 0.1) is 0 Å². The number of carbonyl (C=O) groups excluding carboxylic acids is 1. The maximum absolute atomic E-state index is 12.0. The quantitative estimate of drug-likeness (QED) is 0.888. The van der Waals surface area contributed by atoms with E-state index in [1.54, 1.807) is 17.0 Å². The van der Waals surface area contributed by atoms with Crippen molar-refractivity contribution in [2.75, 3.05) is 5.32 Å². The number of aromatic carboxylic acids is 1. The van der Waals surface area contributed by atoms with Crippen LogP contribution in [0.4, 0.5) is 5.69 Å². The van der Waals surface area contributed by atoms with Gasteiger partial charge in [0.15, 0.2) is 0 Å². The molecule has 0 bridgehead atoms. The second-order valence-corrected chi connectivity index (χ2v) is 4.78. The number of carboxylic acid groups (broad SMARTS) is 1. The molecule has 2 N–H and O–H groups in total. The molecule has 6 nitrogen and oxygen atoms in total. The number of nitrogens with one attached hydrogen (secondary N) is 1. The summed E-state index contributed by atoms with van der Waals surface area (Å²) in [6.45, 7) is 2.04. The Labute approximate surface area is 126 Å². The fraction of sp³-hybridized carbons (Fsp3) is 0.214. The lowest BCUT2D eigenvalue weighted by atomic mass is 10.2. The zero-order valence-electron chi connectivity index (χ0n) is 11.3. The van der Waals surface area contributed by atoms with Crippen molar-refractivity contribution in [1.29, 1.82) is 0 Å². The summed E-state index contributed by atoms with van der Waals surface area (Å²) in [6.07, 6.45) is 4.06. The Morgan fingerprint density at radius 2 is 2.19 bits per heavy atom. The molecule has 0 spiro atoms. The molecule has 21 heavy (non-hydrogen) atoms. The van der Waals surface area contributed by atoms with Gasteiger partial charge < -0.3 is 15.0 Å². The molecule has 0 unspecified atom stereocenters. The van der Waals surface area contributed by atoms with E-state index in [-0.39, 0.29) is 28.7 Å². The summed E-state index contributed by atoms with van der Waals surface area (Å²) in [5, 5.41) is 11.8. The van der Waals surface area contributed by atoms with Crippen molar-refractivity contribution in [3.63, 3.8) is 0 Å². The van der Waals surface area contributed by atoms with E-state index >= 15 is 0 Å². The van der Waals surface area contributed by atoms with Crippen LogP contribution in [0.15, 0.2) is 30.6 Å². The predicted molar refractivity (Wildman–Crippen MR) is 78.6 cm³/mol. The van der Waals surface area contributed by atoms with Gasteiger partial charge in [-0.2, -0.15) is 0 Å². The summed E-state index contributed by atoms with van der Waals surface area (Å²) in [7, 11) is 0. The third kappa shape index (κ3) is 3.61. The monoisotopic (exact) mass is 307 g/mol. The lowest BCUT2D eigenvalue weighted by Crippen LogP contribution is -2.20. The third-order valence-electron chi connectivity index (χ3n) is 2.92. The van der Waals surface area contributed by atoms with Crippen LogP contribution in [0.1, 0.15) is 23.1 Å². The zero-order valence-corrected chi connectivity index (χ0v) is 12.1. The molecule has 1 aromatic heterocycles. The molecule has 2 aromatic rings. The van der Waals surface area contributed by atoms with Crippen molar-refractivity contribution in [2.45, 2.75) is 19.9 Å². The van der Waals surface area contributed by atoms with E-state index in [2.05, 4.69) is 10.3 Å². The number of benzene rings is 1. The molecule has 0 fully saturated rings.